The molecule has 0 bridgehead atoms. The molecule has 0 unspecified atom stereocenters. The molecule has 1 fully saturated rings. The fraction of sp³-hybridized carbons (Fsp3) is 0.500. The summed E-state index contributed by atoms with van der Waals surface area (Å²) in [6, 6.07) is 5.26. The molecule has 21 heavy (non-hydrogen) atoms. The van der Waals surface area contributed by atoms with E-state index in [2.05, 4.69) is 10.6 Å². The van der Waals surface area contributed by atoms with Crippen molar-refractivity contribution >= 4 is 17.4 Å². The number of anilines is 1. The minimum atomic E-state index is -0.491. The minimum absolute atomic E-state index is 0.0221. The first-order valence-corrected chi connectivity index (χ1v) is 6.95. The van der Waals surface area contributed by atoms with Gasteiger partial charge in [0.2, 0.25) is 0 Å². The van der Waals surface area contributed by atoms with E-state index >= 15 is 0 Å². The Morgan fingerprint density at radius 3 is 2.43 bits per heavy atom. The Hall–Kier alpha value is -2.15. The fourth-order valence-electron chi connectivity index (χ4n) is 2.63. The number of amides is 2. The number of rotatable bonds is 5. The van der Waals surface area contributed by atoms with E-state index in [9.17, 15) is 20.0 Å². The van der Waals surface area contributed by atoms with Gasteiger partial charge in [0.25, 0.3) is 5.69 Å². The van der Waals surface area contributed by atoms with E-state index in [1.54, 1.807) is 0 Å². The van der Waals surface area contributed by atoms with Crippen molar-refractivity contribution in [2.24, 2.45) is 5.41 Å². The van der Waals surface area contributed by atoms with Crippen LogP contribution in [0.5, 0.6) is 0 Å². The van der Waals surface area contributed by atoms with Crippen LogP contribution in [0.3, 0.4) is 0 Å². The quantitative estimate of drug-likeness (QED) is 0.572. The molecule has 1 aromatic rings. The summed E-state index contributed by atoms with van der Waals surface area (Å²) in [4.78, 5) is 21.9. The lowest BCUT2D eigenvalue weighted by Crippen LogP contribution is -2.40. The average molecular weight is 293 g/mol. The van der Waals surface area contributed by atoms with Gasteiger partial charge in [-0.2, -0.15) is 0 Å². The third-order valence-electron chi connectivity index (χ3n) is 3.96. The fourth-order valence-corrected chi connectivity index (χ4v) is 2.63. The highest BCUT2D eigenvalue weighted by Gasteiger charge is 2.33. The Morgan fingerprint density at radius 2 is 1.90 bits per heavy atom. The van der Waals surface area contributed by atoms with E-state index in [0.717, 1.165) is 25.7 Å². The average Bonchev–Trinajstić information content (AvgIpc) is 2.95. The molecule has 114 valence electrons. The van der Waals surface area contributed by atoms with E-state index < -0.39 is 4.92 Å². The summed E-state index contributed by atoms with van der Waals surface area (Å²) >= 11 is 0. The van der Waals surface area contributed by atoms with Crippen molar-refractivity contribution in [3.8, 4) is 0 Å². The molecule has 3 N–H and O–H groups in total. The first-order valence-electron chi connectivity index (χ1n) is 6.95. The molecule has 0 spiro atoms. The topological polar surface area (TPSA) is 104 Å². The van der Waals surface area contributed by atoms with Crippen LogP contribution in [0.1, 0.15) is 25.7 Å². The predicted molar refractivity (Wildman–Crippen MR) is 78.1 cm³/mol. The summed E-state index contributed by atoms with van der Waals surface area (Å²) in [5.41, 5.74) is 0.265. The summed E-state index contributed by atoms with van der Waals surface area (Å²) in [5, 5.41) is 25.4. The van der Waals surface area contributed by atoms with Crippen LogP contribution in [-0.4, -0.2) is 29.2 Å². The molecule has 1 aliphatic carbocycles. The highest BCUT2D eigenvalue weighted by molar-refractivity contribution is 5.89. The van der Waals surface area contributed by atoms with E-state index in [1.807, 2.05) is 0 Å². The molecule has 0 radical (unpaired) electrons. The summed E-state index contributed by atoms with van der Waals surface area (Å²) in [5.74, 6) is 0. The van der Waals surface area contributed by atoms with Crippen LogP contribution in [0.15, 0.2) is 24.3 Å². The van der Waals surface area contributed by atoms with Gasteiger partial charge in [-0.15, -0.1) is 0 Å². The number of carbonyl (C=O) groups excluding carboxylic acids is 1. The van der Waals surface area contributed by atoms with E-state index in [-0.39, 0.29) is 23.7 Å². The second-order valence-electron chi connectivity index (χ2n) is 5.48. The minimum Gasteiger partial charge on any atom is -0.396 e. The number of hydrogen-bond acceptors (Lipinski definition) is 4. The molecule has 7 nitrogen and oxygen atoms in total. The molecule has 0 aliphatic heterocycles. The molecular formula is C14H19N3O4. The van der Waals surface area contributed by atoms with Gasteiger partial charge in [0.1, 0.15) is 0 Å². The van der Waals surface area contributed by atoms with Gasteiger partial charge in [-0.05, 0) is 25.0 Å². The lowest BCUT2D eigenvalue weighted by molar-refractivity contribution is -0.384. The number of urea groups is 1. The lowest BCUT2D eigenvalue weighted by Gasteiger charge is -2.26. The molecule has 1 saturated carbocycles. The van der Waals surface area contributed by atoms with Gasteiger partial charge in [0.15, 0.2) is 0 Å². The zero-order valence-electron chi connectivity index (χ0n) is 11.7. The maximum Gasteiger partial charge on any atom is 0.319 e. The Balaban J connectivity index is 1.85. The molecule has 1 aromatic carbocycles. The monoisotopic (exact) mass is 293 g/mol. The van der Waals surface area contributed by atoms with Gasteiger partial charge in [0, 0.05) is 29.8 Å². The van der Waals surface area contributed by atoms with Gasteiger partial charge in [0.05, 0.1) is 11.5 Å². The maximum absolute atomic E-state index is 11.8. The van der Waals surface area contributed by atoms with Crippen molar-refractivity contribution in [2.75, 3.05) is 18.5 Å². The van der Waals surface area contributed by atoms with E-state index in [4.69, 9.17) is 0 Å². The zero-order valence-corrected chi connectivity index (χ0v) is 11.7. The van der Waals surface area contributed by atoms with Crippen LogP contribution >= 0.6 is 0 Å². The Kier molecular flexibility index (Phi) is 4.74. The number of benzene rings is 1. The number of hydrogen-bond donors (Lipinski definition) is 3. The van der Waals surface area contributed by atoms with Gasteiger partial charge in [-0.25, -0.2) is 4.79 Å². The maximum atomic E-state index is 11.8. The summed E-state index contributed by atoms with van der Waals surface area (Å²) in [7, 11) is 0. The van der Waals surface area contributed by atoms with Crippen LogP contribution in [0.2, 0.25) is 0 Å². The lowest BCUT2D eigenvalue weighted by atomic mass is 9.87. The molecule has 0 saturated heterocycles. The van der Waals surface area contributed by atoms with Crippen LogP contribution < -0.4 is 10.6 Å². The smallest absolute Gasteiger partial charge is 0.319 e. The third-order valence-corrected chi connectivity index (χ3v) is 3.96. The SMILES string of the molecule is O=C(NCC1(CO)CCCC1)Nc1ccc([N+](=O)[O-])cc1. The summed E-state index contributed by atoms with van der Waals surface area (Å²) in [6.45, 7) is 0.507. The third kappa shape index (κ3) is 3.91. The van der Waals surface area contributed by atoms with Crippen LogP contribution in [0.25, 0.3) is 0 Å². The normalized spacial score (nSPS) is 16.4. The number of non-ortho nitro benzene ring substituents is 1. The number of nitrogens with one attached hydrogen (secondary N) is 2. The largest absolute Gasteiger partial charge is 0.396 e. The molecule has 2 rings (SSSR count). The van der Waals surface area contributed by atoms with Crippen LogP contribution in [-0.2, 0) is 0 Å². The van der Waals surface area contributed by atoms with E-state index in [1.165, 1.54) is 24.3 Å². The van der Waals surface area contributed by atoms with E-state index in [0.29, 0.717) is 12.2 Å². The standard InChI is InChI=1S/C14H19N3O4/c18-10-14(7-1-2-8-14)9-15-13(19)16-11-3-5-12(6-4-11)17(20)21/h3-6,18H,1-2,7-10H2,(H2,15,16,19). The number of nitrogens with zero attached hydrogens (tertiary/aromatic N) is 1. The van der Waals surface area contributed by atoms with Crippen molar-refractivity contribution < 1.29 is 14.8 Å². The second kappa shape index (κ2) is 6.53. The Morgan fingerprint density at radius 1 is 1.29 bits per heavy atom. The number of nitro benzene ring substituents is 1. The molecule has 0 aromatic heterocycles. The summed E-state index contributed by atoms with van der Waals surface area (Å²) < 4.78 is 0. The molecule has 1 aliphatic rings. The van der Waals surface area contributed by atoms with Crippen molar-refractivity contribution in [1.29, 1.82) is 0 Å². The molecular weight excluding hydrogens is 274 g/mol. The number of carbonyl (C=O) groups is 1. The highest BCUT2D eigenvalue weighted by Crippen LogP contribution is 2.36. The molecule has 2 amide bonds. The van der Waals surface area contributed by atoms with Gasteiger partial charge < -0.3 is 15.7 Å². The van der Waals surface area contributed by atoms with Crippen molar-refractivity contribution in [3.63, 3.8) is 0 Å². The summed E-state index contributed by atoms with van der Waals surface area (Å²) in [6.07, 6.45) is 3.99. The predicted octanol–water partition coefficient (Wildman–Crippen LogP) is 2.27. The molecule has 0 heterocycles. The first-order chi connectivity index (χ1) is 10.0. The Labute approximate surface area is 122 Å². The van der Waals surface area contributed by atoms with Crippen molar-refractivity contribution in [1.82, 2.24) is 5.32 Å². The second-order valence-corrected chi connectivity index (χ2v) is 5.48. The van der Waals surface area contributed by atoms with Crippen LogP contribution in [0.4, 0.5) is 16.2 Å². The van der Waals surface area contributed by atoms with Gasteiger partial charge in [-0.3, -0.25) is 10.1 Å². The number of aliphatic hydroxyl groups excluding tert-OH is 1. The zero-order chi connectivity index (χ0) is 15.3. The first kappa shape index (κ1) is 15.2. The van der Waals surface area contributed by atoms with Gasteiger partial charge in [-0.1, -0.05) is 12.8 Å². The van der Waals surface area contributed by atoms with Gasteiger partial charge >= 0.3 is 6.03 Å². The number of aliphatic hydroxyl groups is 1. The van der Waals surface area contributed by atoms with Crippen LogP contribution in [0, 0.1) is 15.5 Å². The van der Waals surface area contributed by atoms with Crippen molar-refractivity contribution in [3.05, 3.63) is 34.4 Å². The number of nitro groups is 1. The molecule has 0 atom stereocenters. The van der Waals surface area contributed by atoms with Crippen molar-refractivity contribution in [2.45, 2.75) is 25.7 Å². The Bertz CT molecular complexity index is 509. The molecule has 7 heteroatoms. The highest BCUT2D eigenvalue weighted by atomic mass is 16.6.